The van der Waals surface area contributed by atoms with Crippen molar-refractivity contribution in [1.29, 1.82) is 0 Å². The SMILES string of the molecule is CCCCCC1CC=C(c2cc3c(c(F)c2F)-c2c(cc(CCC)c(F)c2F)C3)CO1. The van der Waals surface area contributed by atoms with Gasteiger partial charge in [0, 0.05) is 16.7 Å². The van der Waals surface area contributed by atoms with E-state index in [9.17, 15) is 8.78 Å². The molecule has 0 saturated carbocycles. The summed E-state index contributed by atoms with van der Waals surface area (Å²) in [5.41, 5.74) is 1.77. The lowest BCUT2D eigenvalue weighted by molar-refractivity contribution is 0.0645. The molecule has 0 saturated heterocycles. The zero-order valence-electron chi connectivity index (χ0n) is 18.1. The molecule has 1 nitrogen and oxygen atoms in total. The van der Waals surface area contributed by atoms with E-state index >= 15 is 8.78 Å². The first-order valence-electron chi connectivity index (χ1n) is 11.3. The van der Waals surface area contributed by atoms with Crippen LogP contribution in [-0.4, -0.2) is 12.7 Å². The minimum absolute atomic E-state index is 0.107. The first kappa shape index (κ1) is 22.1. The monoisotopic (exact) mass is 432 g/mol. The van der Waals surface area contributed by atoms with Crippen LogP contribution in [0, 0.1) is 23.3 Å². The molecule has 0 N–H and O–H groups in total. The van der Waals surface area contributed by atoms with Gasteiger partial charge in [0.2, 0.25) is 0 Å². The molecule has 0 spiro atoms. The lowest BCUT2D eigenvalue weighted by Gasteiger charge is -2.24. The normalized spacial score (nSPS) is 17.5. The molecule has 5 heteroatoms. The molecule has 2 aliphatic rings. The number of rotatable bonds is 7. The Bertz CT molecular complexity index is 1030. The van der Waals surface area contributed by atoms with Crippen LogP contribution in [0.2, 0.25) is 0 Å². The average Bonchev–Trinajstić information content (AvgIpc) is 3.14. The molecule has 4 rings (SSSR count). The summed E-state index contributed by atoms with van der Waals surface area (Å²) < 4.78 is 65.3. The van der Waals surface area contributed by atoms with Crippen LogP contribution in [0.15, 0.2) is 18.2 Å². The van der Waals surface area contributed by atoms with Gasteiger partial charge in [-0.2, -0.15) is 0 Å². The second-order valence-corrected chi connectivity index (χ2v) is 8.60. The molecule has 31 heavy (non-hydrogen) atoms. The summed E-state index contributed by atoms with van der Waals surface area (Å²) in [5.74, 6) is -4.18. The van der Waals surface area contributed by atoms with Crippen molar-refractivity contribution < 1.29 is 22.3 Å². The van der Waals surface area contributed by atoms with Crippen molar-refractivity contribution in [2.24, 2.45) is 0 Å². The third kappa shape index (κ3) is 4.05. The minimum atomic E-state index is -1.11. The Kier molecular flexibility index (Phi) is 6.52. The number of ether oxygens (including phenoxy) is 1. The Balaban J connectivity index is 1.66. The van der Waals surface area contributed by atoms with E-state index in [2.05, 4.69) is 6.92 Å². The van der Waals surface area contributed by atoms with Crippen LogP contribution >= 0.6 is 0 Å². The molecular formula is C26H28F4O. The third-order valence-electron chi connectivity index (χ3n) is 6.38. The Morgan fingerprint density at radius 1 is 0.871 bits per heavy atom. The molecule has 0 aromatic heterocycles. The van der Waals surface area contributed by atoms with Gasteiger partial charge in [0.25, 0.3) is 0 Å². The van der Waals surface area contributed by atoms with Gasteiger partial charge in [0.05, 0.1) is 12.7 Å². The molecule has 1 aliphatic heterocycles. The Hall–Kier alpha value is -2.14. The van der Waals surface area contributed by atoms with Crippen molar-refractivity contribution in [2.75, 3.05) is 6.61 Å². The maximum absolute atomic E-state index is 15.1. The van der Waals surface area contributed by atoms with Crippen molar-refractivity contribution in [3.05, 3.63) is 63.7 Å². The van der Waals surface area contributed by atoms with E-state index in [1.807, 2.05) is 13.0 Å². The van der Waals surface area contributed by atoms with E-state index < -0.39 is 23.3 Å². The first-order chi connectivity index (χ1) is 15.0. The van der Waals surface area contributed by atoms with Crippen molar-refractivity contribution >= 4 is 5.57 Å². The number of aryl methyl sites for hydroxylation is 1. The maximum Gasteiger partial charge on any atom is 0.167 e. The molecule has 0 bridgehead atoms. The van der Waals surface area contributed by atoms with Gasteiger partial charge in [0.1, 0.15) is 0 Å². The van der Waals surface area contributed by atoms with E-state index in [0.717, 1.165) is 25.7 Å². The lowest BCUT2D eigenvalue weighted by Crippen LogP contribution is -2.19. The van der Waals surface area contributed by atoms with Crippen molar-refractivity contribution in [1.82, 2.24) is 0 Å². The topological polar surface area (TPSA) is 9.23 Å². The Morgan fingerprint density at radius 2 is 1.58 bits per heavy atom. The summed E-state index contributed by atoms with van der Waals surface area (Å²) in [4.78, 5) is 0. The number of fused-ring (bicyclic) bond motifs is 3. The van der Waals surface area contributed by atoms with Crippen LogP contribution in [0.1, 0.15) is 74.6 Å². The molecule has 166 valence electrons. The van der Waals surface area contributed by atoms with Crippen molar-refractivity contribution in [3.8, 4) is 11.1 Å². The maximum atomic E-state index is 15.1. The zero-order chi connectivity index (χ0) is 22.1. The highest BCUT2D eigenvalue weighted by molar-refractivity contribution is 5.81. The molecule has 1 aliphatic carbocycles. The largest absolute Gasteiger partial charge is 0.373 e. The summed E-state index contributed by atoms with van der Waals surface area (Å²) >= 11 is 0. The molecule has 2 aromatic rings. The van der Waals surface area contributed by atoms with Gasteiger partial charge < -0.3 is 4.74 Å². The van der Waals surface area contributed by atoms with Crippen molar-refractivity contribution in [3.63, 3.8) is 0 Å². The van der Waals surface area contributed by atoms with E-state index in [1.165, 1.54) is 0 Å². The Labute approximate surface area is 181 Å². The van der Waals surface area contributed by atoms with Crippen LogP contribution in [0.25, 0.3) is 16.7 Å². The number of hydrogen-bond donors (Lipinski definition) is 0. The number of halogens is 4. The van der Waals surface area contributed by atoms with Gasteiger partial charge in [-0.1, -0.05) is 51.7 Å². The molecular weight excluding hydrogens is 404 g/mol. The molecule has 0 amide bonds. The smallest absolute Gasteiger partial charge is 0.167 e. The van der Waals surface area contributed by atoms with Crippen LogP contribution in [0.5, 0.6) is 0 Å². The van der Waals surface area contributed by atoms with Gasteiger partial charge in [0.15, 0.2) is 23.3 Å². The molecule has 0 fully saturated rings. The summed E-state index contributed by atoms with van der Waals surface area (Å²) in [7, 11) is 0. The van der Waals surface area contributed by atoms with Crippen molar-refractivity contribution in [2.45, 2.75) is 71.3 Å². The predicted molar refractivity (Wildman–Crippen MR) is 115 cm³/mol. The molecule has 0 radical (unpaired) electrons. The number of benzene rings is 2. The average molecular weight is 433 g/mol. The van der Waals surface area contributed by atoms with E-state index in [0.29, 0.717) is 36.0 Å². The Morgan fingerprint density at radius 3 is 2.23 bits per heavy atom. The van der Waals surface area contributed by atoms with Crippen LogP contribution in [0.4, 0.5) is 17.6 Å². The first-order valence-corrected chi connectivity index (χ1v) is 11.3. The van der Waals surface area contributed by atoms with Gasteiger partial charge in [-0.3, -0.25) is 0 Å². The van der Waals surface area contributed by atoms with Gasteiger partial charge in [-0.25, -0.2) is 17.6 Å². The summed E-state index contributed by atoms with van der Waals surface area (Å²) in [6.07, 6.45) is 8.36. The summed E-state index contributed by atoms with van der Waals surface area (Å²) in [6, 6.07) is 3.18. The highest BCUT2D eigenvalue weighted by Crippen LogP contribution is 2.44. The third-order valence-corrected chi connectivity index (χ3v) is 6.38. The number of unbranched alkanes of at least 4 members (excludes halogenated alkanes) is 2. The predicted octanol–water partition coefficient (Wildman–Crippen LogP) is 7.52. The fourth-order valence-electron chi connectivity index (χ4n) is 4.74. The van der Waals surface area contributed by atoms with Crippen LogP contribution in [-0.2, 0) is 17.6 Å². The molecule has 1 unspecified atom stereocenters. The zero-order valence-corrected chi connectivity index (χ0v) is 18.1. The second-order valence-electron chi connectivity index (χ2n) is 8.60. The molecule has 1 heterocycles. The second kappa shape index (κ2) is 9.15. The summed E-state index contributed by atoms with van der Waals surface area (Å²) in [6.45, 7) is 4.26. The number of hydrogen-bond acceptors (Lipinski definition) is 1. The van der Waals surface area contributed by atoms with Gasteiger partial charge in [-0.05, 0) is 54.0 Å². The van der Waals surface area contributed by atoms with E-state index in [1.54, 1.807) is 12.1 Å². The molecule has 1 atom stereocenters. The highest BCUT2D eigenvalue weighted by Gasteiger charge is 2.32. The molecule has 2 aromatic carbocycles. The van der Waals surface area contributed by atoms with Crippen LogP contribution < -0.4 is 0 Å². The van der Waals surface area contributed by atoms with Crippen LogP contribution in [0.3, 0.4) is 0 Å². The van der Waals surface area contributed by atoms with E-state index in [-0.39, 0.29) is 41.4 Å². The fraction of sp³-hybridized carbons (Fsp3) is 0.462. The highest BCUT2D eigenvalue weighted by atomic mass is 19.2. The minimum Gasteiger partial charge on any atom is -0.373 e. The standard InChI is InChI=1S/C26H28F4O/c1-3-5-6-8-19-10-9-16(14-31-19)20-13-18-12-17-11-15(7-4-2)23(27)25(29)21(17)22(18)26(30)24(20)28/h9,11,13,19H,3-8,10,12,14H2,1-2H3. The van der Waals surface area contributed by atoms with Gasteiger partial charge in [-0.15, -0.1) is 0 Å². The quantitative estimate of drug-likeness (QED) is 0.277. The van der Waals surface area contributed by atoms with Gasteiger partial charge >= 0.3 is 0 Å². The van der Waals surface area contributed by atoms with E-state index in [4.69, 9.17) is 4.74 Å². The summed E-state index contributed by atoms with van der Waals surface area (Å²) in [5, 5.41) is 0. The lowest BCUT2D eigenvalue weighted by atomic mass is 9.94. The fourth-order valence-corrected chi connectivity index (χ4v) is 4.74.